The highest BCUT2D eigenvalue weighted by atomic mass is 16.4. The average Bonchev–Trinajstić information content (AvgIpc) is 2.14. The fourth-order valence-corrected chi connectivity index (χ4v) is 0.996. The van der Waals surface area contributed by atoms with Crippen LogP contribution in [-0.2, 0) is 4.79 Å². The molecule has 0 fully saturated rings. The molecule has 0 aliphatic heterocycles. The van der Waals surface area contributed by atoms with Crippen LogP contribution < -0.4 is 0 Å². The summed E-state index contributed by atoms with van der Waals surface area (Å²) in [6.45, 7) is 0. The SMILES string of the molecule is O=C(O)CCC(=O)c1ncc(O)cc1O. The Kier molecular flexibility index (Phi) is 3.22. The van der Waals surface area contributed by atoms with Crippen molar-refractivity contribution in [3.05, 3.63) is 18.0 Å². The second-order valence-electron chi connectivity index (χ2n) is 2.88. The lowest BCUT2D eigenvalue weighted by atomic mass is 10.1. The van der Waals surface area contributed by atoms with Crippen LogP contribution in [0.25, 0.3) is 0 Å². The molecule has 6 nitrogen and oxygen atoms in total. The fraction of sp³-hybridized carbons (Fsp3) is 0.222. The Morgan fingerprint density at radius 3 is 2.47 bits per heavy atom. The van der Waals surface area contributed by atoms with Crippen molar-refractivity contribution in [2.75, 3.05) is 0 Å². The molecule has 0 aliphatic rings. The minimum absolute atomic E-state index is 0.228. The lowest BCUT2D eigenvalue weighted by Crippen LogP contribution is -2.05. The van der Waals surface area contributed by atoms with Crippen LogP contribution in [0.3, 0.4) is 0 Å². The number of carboxylic acid groups (broad SMARTS) is 1. The molecule has 1 aromatic heterocycles. The maximum atomic E-state index is 11.3. The second kappa shape index (κ2) is 4.41. The molecule has 1 rings (SSSR count). The lowest BCUT2D eigenvalue weighted by molar-refractivity contribution is -0.136. The van der Waals surface area contributed by atoms with Crippen molar-refractivity contribution in [1.82, 2.24) is 4.98 Å². The molecule has 0 saturated carbocycles. The summed E-state index contributed by atoms with van der Waals surface area (Å²) in [6.07, 6.45) is 0.454. The van der Waals surface area contributed by atoms with Crippen LogP contribution in [0.5, 0.6) is 11.5 Å². The summed E-state index contributed by atoms with van der Waals surface area (Å²) in [5.41, 5.74) is -0.228. The molecule has 0 radical (unpaired) electrons. The van der Waals surface area contributed by atoms with Gasteiger partial charge in [-0.2, -0.15) is 0 Å². The summed E-state index contributed by atoms with van der Waals surface area (Å²) >= 11 is 0. The summed E-state index contributed by atoms with van der Waals surface area (Å²) in [6, 6.07) is 0.973. The zero-order chi connectivity index (χ0) is 11.4. The van der Waals surface area contributed by atoms with Gasteiger partial charge in [0.25, 0.3) is 0 Å². The molecule has 0 bridgehead atoms. The zero-order valence-electron chi connectivity index (χ0n) is 7.67. The molecule has 3 N–H and O–H groups in total. The molecular formula is C9H9NO5. The summed E-state index contributed by atoms with van der Waals surface area (Å²) in [4.78, 5) is 25.0. The Morgan fingerprint density at radius 2 is 1.93 bits per heavy atom. The molecule has 1 heterocycles. The van der Waals surface area contributed by atoms with Crippen molar-refractivity contribution in [3.63, 3.8) is 0 Å². The van der Waals surface area contributed by atoms with Crippen LogP contribution in [-0.4, -0.2) is 32.1 Å². The molecule has 1 aromatic rings. The molecule has 15 heavy (non-hydrogen) atoms. The predicted molar refractivity (Wildman–Crippen MR) is 48.8 cm³/mol. The Balaban J connectivity index is 2.78. The van der Waals surface area contributed by atoms with Crippen molar-refractivity contribution in [2.24, 2.45) is 0 Å². The predicted octanol–water partition coefficient (Wildman–Crippen LogP) is 0.540. The number of nitrogens with zero attached hydrogens (tertiary/aromatic N) is 1. The number of carbonyl (C=O) groups excluding carboxylic acids is 1. The summed E-state index contributed by atoms with van der Waals surface area (Å²) in [7, 11) is 0. The van der Waals surface area contributed by atoms with E-state index >= 15 is 0 Å². The number of hydrogen-bond donors (Lipinski definition) is 3. The van der Waals surface area contributed by atoms with Gasteiger partial charge in [0.2, 0.25) is 0 Å². The molecule has 0 aliphatic carbocycles. The number of aliphatic carboxylic acids is 1. The van der Waals surface area contributed by atoms with Crippen molar-refractivity contribution >= 4 is 11.8 Å². The third-order valence-corrected chi connectivity index (χ3v) is 1.68. The van der Waals surface area contributed by atoms with Gasteiger partial charge in [0.05, 0.1) is 12.6 Å². The number of pyridine rings is 1. The highest BCUT2D eigenvalue weighted by molar-refractivity contribution is 5.98. The molecule has 0 spiro atoms. The minimum atomic E-state index is -1.10. The number of carboxylic acids is 1. The van der Waals surface area contributed by atoms with Crippen LogP contribution in [0, 0.1) is 0 Å². The van der Waals surface area contributed by atoms with Gasteiger partial charge in [-0.15, -0.1) is 0 Å². The molecule has 6 heteroatoms. The lowest BCUT2D eigenvalue weighted by Gasteiger charge is -2.01. The van der Waals surface area contributed by atoms with E-state index in [0.717, 1.165) is 12.3 Å². The minimum Gasteiger partial charge on any atom is -0.506 e. The first-order chi connectivity index (χ1) is 7.00. The van der Waals surface area contributed by atoms with E-state index in [9.17, 15) is 14.7 Å². The smallest absolute Gasteiger partial charge is 0.303 e. The number of Topliss-reactive ketones (excluding diaryl/α,β-unsaturated/α-hetero) is 1. The van der Waals surface area contributed by atoms with Gasteiger partial charge in [-0.3, -0.25) is 9.59 Å². The van der Waals surface area contributed by atoms with E-state index in [4.69, 9.17) is 10.2 Å². The largest absolute Gasteiger partial charge is 0.506 e. The number of hydrogen-bond acceptors (Lipinski definition) is 5. The van der Waals surface area contributed by atoms with Gasteiger partial charge in [-0.25, -0.2) is 4.98 Å². The first kappa shape index (κ1) is 11.0. The van der Waals surface area contributed by atoms with Crippen molar-refractivity contribution in [3.8, 4) is 11.5 Å². The number of aromatic nitrogens is 1. The van der Waals surface area contributed by atoms with E-state index in [0.29, 0.717) is 0 Å². The molecule has 0 saturated heterocycles. The highest BCUT2D eigenvalue weighted by Gasteiger charge is 2.14. The van der Waals surface area contributed by atoms with E-state index in [2.05, 4.69) is 4.98 Å². The maximum absolute atomic E-state index is 11.3. The Hall–Kier alpha value is -2.11. The Labute approximate surface area is 84.8 Å². The van der Waals surface area contributed by atoms with Crippen LogP contribution in [0.4, 0.5) is 0 Å². The van der Waals surface area contributed by atoms with E-state index < -0.39 is 17.5 Å². The third kappa shape index (κ3) is 2.94. The van der Waals surface area contributed by atoms with Gasteiger partial charge >= 0.3 is 5.97 Å². The van der Waals surface area contributed by atoms with Gasteiger partial charge in [-0.05, 0) is 0 Å². The van der Waals surface area contributed by atoms with E-state index in [-0.39, 0.29) is 24.3 Å². The highest BCUT2D eigenvalue weighted by Crippen LogP contribution is 2.21. The summed E-state index contributed by atoms with van der Waals surface area (Å²) in [5.74, 6) is -2.39. The molecule has 80 valence electrons. The van der Waals surface area contributed by atoms with E-state index in [1.807, 2.05) is 0 Å². The van der Waals surface area contributed by atoms with Gasteiger partial charge in [0, 0.05) is 12.5 Å². The van der Waals surface area contributed by atoms with Gasteiger partial charge in [0.1, 0.15) is 17.2 Å². The molecule has 0 amide bonds. The Morgan fingerprint density at radius 1 is 1.27 bits per heavy atom. The summed E-state index contributed by atoms with van der Waals surface area (Å²) in [5, 5.41) is 26.5. The van der Waals surface area contributed by atoms with Crippen molar-refractivity contribution in [1.29, 1.82) is 0 Å². The van der Waals surface area contributed by atoms with Gasteiger partial charge < -0.3 is 15.3 Å². The monoisotopic (exact) mass is 211 g/mol. The van der Waals surface area contributed by atoms with Gasteiger partial charge in [-0.1, -0.05) is 0 Å². The number of ketones is 1. The first-order valence-electron chi connectivity index (χ1n) is 4.13. The fourth-order valence-electron chi connectivity index (χ4n) is 0.996. The van der Waals surface area contributed by atoms with Crippen molar-refractivity contribution < 1.29 is 24.9 Å². The van der Waals surface area contributed by atoms with Crippen molar-refractivity contribution in [2.45, 2.75) is 12.8 Å². The van der Waals surface area contributed by atoms with E-state index in [1.165, 1.54) is 0 Å². The third-order valence-electron chi connectivity index (χ3n) is 1.68. The Bertz CT molecular complexity index is 401. The molecule has 0 unspecified atom stereocenters. The molecule has 0 aromatic carbocycles. The second-order valence-corrected chi connectivity index (χ2v) is 2.88. The topological polar surface area (TPSA) is 108 Å². The average molecular weight is 211 g/mol. The normalized spacial score (nSPS) is 9.87. The molecule has 0 atom stereocenters. The van der Waals surface area contributed by atoms with E-state index in [1.54, 1.807) is 0 Å². The van der Waals surface area contributed by atoms with Crippen LogP contribution >= 0.6 is 0 Å². The summed E-state index contributed by atoms with van der Waals surface area (Å²) < 4.78 is 0. The molecular weight excluding hydrogens is 202 g/mol. The van der Waals surface area contributed by atoms with Gasteiger partial charge in [0.15, 0.2) is 5.78 Å². The number of rotatable bonds is 4. The zero-order valence-corrected chi connectivity index (χ0v) is 7.67. The number of carbonyl (C=O) groups is 2. The van der Waals surface area contributed by atoms with Crippen LogP contribution in [0.1, 0.15) is 23.3 Å². The number of aromatic hydroxyl groups is 2. The first-order valence-corrected chi connectivity index (χ1v) is 4.13. The standard InChI is InChI=1S/C9H9NO5/c11-5-3-7(13)9(10-4-5)6(12)1-2-8(14)15/h3-4,11,13H,1-2H2,(H,14,15). The van der Waals surface area contributed by atoms with Crippen LogP contribution in [0.2, 0.25) is 0 Å². The quantitative estimate of drug-likeness (QED) is 0.627. The maximum Gasteiger partial charge on any atom is 0.303 e. The van der Waals surface area contributed by atoms with Crippen LogP contribution in [0.15, 0.2) is 12.3 Å².